The van der Waals surface area contributed by atoms with E-state index < -0.39 is 11.1 Å². The molecule has 2 aliphatic rings. The van der Waals surface area contributed by atoms with Crippen molar-refractivity contribution in [3.05, 3.63) is 0 Å². The first-order chi connectivity index (χ1) is 7.35. The predicted octanol–water partition coefficient (Wildman–Crippen LogP) is 0.886. The molecule has 1 atom stereocenters. The Morgan fingerprint density at radius 1 is 1.50 bits per heavy atom. The van der Waals surface area contributed by atoms with Crippen molar-refractivity contribution in [1.29, 1.82) is 0 Å². The van der Waals surface area contributed by atoms with Crippen molar-refractivity contribution in [3.63, 3.8) is 0 Å². The van der Waals surface area contributed by atoms with Crippen LogP contribution in [0.1, 0.15) is 33.6 Å². The Kier molecular flexibility index (Phi) is 2.36. The number of rotatable bonds is 0. The van der Waals surface area contributed by atoms with Crippen LogP contribution in [0.5, 0.6) is 0 Å². The summed E-state index contributed by atoms with van der Waals surface area (Å²) in [5.74, 6) is -0.0455. The van der Waals surface area contributed by atoms with Crippen molar-refractivity contribution in [1.82, 2.24) is 10.2 Å². The molecule has 2 saturated heterocycles. The first kappa shape index (κ1) is 11.2. The number of β-lactam (4-membered cyclic amide) rings is 1. The Balaban J connectivity index is 2.09. The summed E-state index contributed by atoms with van der Waals surface area (Å²) in [6.07, 6.45) is 1.24. The number of carbonyl (C=O) groups excluding carboxylic acids is 2. The Bertz CT molecular complexity index is 335. The monoisotopic (exact) mass is 226 g/mol. The number of amides is 2. The summed E-state index contributed by atoms with van der Waals surface area (Å²) >= 11 is 0. The van der Waals surface area contributed by atoms with Crippen LogP contribution in [0.4, 0.5) is 4.79 Å². The fraction of sp³-hybridized carbons (Fsp3) is 0.818. The van der Waals surface area contributed by atoms with Gasteiger partial charge in [0.05, 0.1) is 6.54 Å². The first-order valence-electron chi connectivity index (χ1n) is 5.64. The zero-order valence-electron chi connectivity index (χ0n) is 10.0. The molecule has 2 fully saturated rings. The molecule has 2 aliphatic heterocycles. The third kappa shape index (κ3) is 1.64. The highest BCUT2D eigenvalue weighted by molar-refractivity contribution is 5.96. The van der Waals surface area contributed by atoms with Crippen LogP contribution < -0.4 is 5.32 Å². The van der Waals surface area contributed by atoms with Gasteiger partial charge in [0.1, 0.15) is 11.1 Å². The summed E-state index contributed by atoms with van der Waals surface area (Å²) < 4.78 is 5.31. The van der Waals surface area contributed by atoms with Gasteiger partial charge in [-0.2, -0.15) is 0 Å². The van der Waals surface area contributed by atoms with Gasteiger partial charge in [0.15, 0.2) is 0 Å². The normalized spacial score (nSPS) is 28.9. The van der Waals surface area contributed by atoms with E-state index in [4.69, 9.17) is 4.74 Å². The van der Waals surface area contributed by atoms with Crippen LogP contribution in [-0.2, 0) is 9.53 Å². The molecule has 0 saturated carbocycles. The van der Waals surface area contributed by atoms with Crippen molar-refractivity contribution in [3.8, 4) is 0 Å². The van der Waals surface area contributed by atoms with Gasteiger partial charge in [0.25, 0.3) is 0 Å². The third-order valence-electron chi connectivity index (χ3n) is 3.07. The molecule has 0 radical (unpaired) electrons. The van der Waals surface area contributed by atoms with E-state index in [2.05, 4.69) is 5.32 Å². The van der Waals surface area contributed by atoms with Crippen molar-refractivity contribution >= 4 is 12.0 Å². The van der Waals surface area contributed by atoms with Gasteiger partial charge in [-0.05, 0) is 33.6 Å². The van der Waals surface area contributed by atoms with Crippen LogP contribution in [0.25, 0.3) is 0 Å². The van der Waals surface area contributed by atoms with Crippen molar-refractivity contribution in [2.75, 3.05) is 13.1 Å². The Morgan fingerprint density at radius 3 is 2.62 bits per heavy atom. The largest absolute Gasteiger partial charge is 0.444 e. The summed E-state index contributed by atoms with van der Waals surface area (Å²) in [4.78, 5) is 25.1. The van der Waals surface area contributed by atoms with Gasteiger partial charge < -0.3 is 10.1 Å². The summed E-state index contributed by atoms with van der Waals surface area (Å²) in [5.41, 5.74) is -1.12. The van der Waals surface area contributed by atoms with Crippen LogP contribution in [0.2, 0.25) is 0 Å². The maximum absolute atomic E-state index is 11.9. The number of nitrogens with zero attached hydrogens (tertiary/aromatic N) is 1. The molecule has 5 nitrogen and oxygen atoms in total. The fourth-order valence-corrected chi connectivity index (χ4v) is 2.25. The number of likely N-dealkylation sites (tertiary alicyclic amines) is 1. The molecule has 0 aromatic heterocycles. The molecule has 0 bridgehead atoms. The molecule has 0 aromatic carbocycles. The lowest BCUT2D eigenvalue weighted by atomic mass is 9.88. The Labute approximate surface area is 95.1 Å². The molecule has 2 rings (SSSR count). The minimum Gasteiger partial charge on any atom is -0.444 e. The summed E-state index contributed by atoms with van der Waals surface area (Å²) in [5, 5.41) is 2.70. The fourth-order valence-electron chi connectivity index (χ4n) is 2.25. The van der Waals surface area contributed by atoms with E-state index in [1.54, 1.807) is 4.90 Å². The van der Waals surface area contributed by atoms with Crippen molar-refractivity contribution < 1.29 is 14.3 Å². The first-order valence-corrected chi connectivity index (χ1v) is 5.64. The average Bonchev–Trinajstić information content (AvgIpc) is 2.59. The quantitative estimate of drug-likeness (QED) is 0.624. The van der Waals surface area contributed by atoms with Gasteiger partial charge in [0.2, 0.25) is 5.91 Å². The molecule has 90 valence electrons. The summed E-state index contributed by atoms with van der Waals surface area (Å²) in [6.45, 7) is 6.66. The number of hydrogen-bond acceptors (Lipinski definition) is 3. The molecule has 16 heavy (non-hydrogen) atoms. The van der Waals surface area contributed by atoms with E-state index in [-0.39, 0.29) is 12.0 Å². The molecule has 1 unspecified atom stereocenters. The second kappa shape index (κ2) is 3.37. The van der Waals surface area contributed by atoms with E-state index in [1.165, 1.54) is 0 Å². The van der Waals surface area contributed by atoms with E-state index in [0.717, 1.165) is 12.8 Å². The number of ether oxygens (including phenoxy) is 1. The lowest BCUT2D eigenvalue weighted by Crippen LogP contribution is -2.71. The van der Waals surface area contributed by atoms with Gasteiger partial charge >= 0.3 is 6.09 Å². The molecule has 2 amide bonds. The van der Waals surface area contributed by atoms with Crippen LogP contribution in [0, 0.1) is 0 Å². The van der Waals surface area contributed by atoms with Crippen LogP contribution in [-0.4, -0.2) is 41.1 Å². The van der Waals surface area contributed by atoms with Gasteiger partial charge in [0, 0.05) is 6.54 Å². The lowest BCUT2D eigenvalue weighted by Gasteiger charge is -2.44. The molecule has 1 N–H and O–H groups in total. The highest BCUT2D eigenvalue weighted by Gasteiger charge is 2.56. The molecular weight excluding hydrogens is 208 g/mol. The van der Waals surface area contributed by atoms with Crippen LogP contribution >= 0.6 is 0 Å². The molecular formula is C11H18N2O3. The summed E-state index contributed by atoms with van der Waals surface area (Å²) in [7, 11) is 0. The van der Waals surface area contributed by atoms with E-state index in [0.29, 0.717) is 13.1 Å². The van der Waals surface area contributed by atoms with Gasteiger partial charge in [-0.15, -0.1) is 0 Å². The van der Waals surface area contributed by atoms with Crippen LogP contribution in [0.15, 0.2) is 0 Å². The van der Waals surface area contributed by atoms with Gasteiger partial charge in [-0.3, -0.25) is 9.69 Å². The second-order valence-electron chi connectivity index (χ2n) is 5.45. The SMILES string of the molecule is CC(C)(C)OC(=O)N1CCCC12CNC2=O. The summed E-state index contributed by atoms with van der Waals surface area (Å²) in [6, 6.07) is 0. The van der Waals surface area contributed by atoms with E-state index in [9.17, 15) is 9.59 Å². The lowest BCUT2D eigenvalue weighted by molar-refractivity contribution is -0.140. The minimum atomic E-state index is -0.609. The van der Waals surface area contributed by atoms with E-state index in [1.807, 2.05) is 20.8 Å². The highest BCUT2D eigenvalue weighted by Crippen LogP contribution is 2.34. The van der Waals surface area contributed by atoms with Crippen LogP contribution in [0.3, 0.4) is 0 Å². The Hall–Kier alpha value is -1.26. The van der Waals surface area contributed by atoms with Crippen molar-refractivity contribution in [2.24, 2.45) is 0 Å². The number of nitrogens with one attached hydrogen (secondary N) is 1. The van der Waals surface area contributed by atoms with E-state index >= 15 is 0 Å². The average molecular weight is 226 g/mol. The standard InChI is InChI=1S/C11H18N2O3/c1-10(2,3)16-9(15)13-6-4-5-11(13)7-12-8(11)14/h4-7H2,1-3H3,(H,12,14). The molecule has 1 spiro atoms. The number of hydrogen-bond donors (Lipinski definition) is 1. The molecule has 2 heterocycles. The Morgan fingerprint density at radius 2 is 2.19 bits per heavy atom. The van der Waals surface area contributed by atoms with Crippen molar-refractivity contribution in [2.45, 2.75) is 44.8 Å². The maximum atomic E-state index is 11.9. The maximum Gasteiger partial charge on any atom is 0.411 e. The molecule has 5 heteroatoms. The second-order valence-corrected chi connectivity index (χ2v) is 5.45. The zero-order valence-corrected chi connectivity index (χ0v) is 10.0. The predicted molar refractivity (Wildman–Crippen MR) is 57.9 cm³/mol. The smallest absolute Gasteiger partial charge is 0.411 e. The topological polar surface area (TPSA) is 58.6 Å². The minimum absolute atomic E-state index is 0.0455. The highest BCUT2D eigenvalue weighted by atomic mass is 16.6. The zero-order chi connectivity index (χ0) is 12.0. The van der Waals surface area contributed by atoms with Gasteiger partial charge in [-0.25, -0.2) is 4.79 Å². The molecule has 0 aromatic rings. The number of carbonyl (C=O) groups is 2. The molecule has 0 aliphatic carbocycles. The van der Waals surface area contributed by atoms with Gasteiger partial charge in [-0.1, -0.05) is 0 Å². The third-order valence-corrected chi connectivity index (χ3v) is 3.07.